The Kier molecular flexibility index (Phi) is 11.1. The number of halogens is 4. The fourth-order valence-electron chi connectivity index (χ4n) is 4.01. The molecule has 0 fully saturated rings. The Morgan fingerprint density at radius 3 is 2.50 bits per heavy atom. The molecule has 8 heteroatoms. The summed E-state index contributed by atoms with van der Waals surface area (Å²) in [6, 6.07) is 13.6. The summed E-state index contributed by atoms with van der Waals surface area (Å²) in [4.78, 5) is 11.6. The molecule has 1 atom stereocenters. The molecule has 0 radical (unpaired) electrons. The van der Waals surface area contributed by atoms with E-state index in [0.29, 0.717) is 47.8 Å². The van der Waals surface area contributed by atoms with Gasteiger partial charge in [0.05, 0.1) is 6.61 Å². The molecule has 4 nitrogen and oxygen atoms in total. The molecule has 0 aromatic heterocycles. The SMILES string of the molecule is CCOC(=O)CCCCC(C=Cc1cc(F)ccc1OCc1ccccc1Cl)Cc1cc(F)c(O)c(F)c1. The zero-order chi connectivity index (χ0) is 27.5. The Morgan fingerprint density at radius 1 is 1.05 bits per heavy atom. The van der Waals surface area contributed by atoms with Gasteiger partial charge in [-0.05, 0) is 74.1 Å². The van der Waals surface area contributed by atoms with Crippen molar-refractivity contribution >= 4 is 23.6 Å². The van der Waals surface area contributed by atoms with Crippen molar-refractivity contribution in [3.63, 3.8) is 0 Å². The van der Waals surface area contributed by atoms with E-state index in [1.54, 1.807) is 19.1 Å². The second-order valence-electron chi connectivity index (χ2n) is 8.84. The summed E-state index contributed by atoms with van der Waals surface area (Å²) >= 11 is 6.21. The third-order valence-electron chi connectivity index (χ3n) is 5.95. The lowest BCUT2D eigenvalue weighted by Crippen LogP contribution is -2.06. The number of hydrogen-bond acceptors (Lipinski definition) is 4. The highest BCUT2D eigenvalue weighted by molar-refractivity contribution is 6.31. The molecule has 1 N–H and O–H groups in total. The van der Waals surface area contributed by atoms with E-state index in [-0.39, 0.29) is 31.3 Å². The van der Waals surface area contributed by atoms with Gasteiger partial charge in [-0.25, -0.2) is 13.2 Å². The average Bonchev–Trinajstić information content (AvgIpc) is 2.88. The monoisotopic (exact) mass is 546 g/mol. The van der Waals surface area contributed by atoms with Crippen LogP contribution < -0.4 is 4.74 Å². The molecule has 0 amide bonds. The maximum atomic E-state index is 14.1. The standard InChI is InChI=1S/C30H30ClF3O4/c1-2-37-29(35)10-6-3-7-20(15-21-16-26(33)30(36)27(34)17-21)11-12-22-18-24(32)13-14-28(22)38-19-23-8-4-5-9-25(23)31/h4-5,8-9,11-14,16-18,20,36H,2-3,6-7,10,15,19H2,1H3. The molecule has 0 aliphatic heterocycles. The van der Waals surface area contributed by atoms with Crippen molar-refractivity contribution in [3.05, 3.63) is 99.8 Å². The van der Waals surface area contributed by atoms with E-state index in [2.05, 4.69) is 0 Å². The van der Waals surface area contributed by atoms with Crippen LogP contribution in [0.15, 0.2) is 60.7 Å². The molecule has 0 spiro atoms. The maximum absolute atomic E-state index is 14.1. The highest BCUT2D eigenvalue weighted by Crippen LogP contribution is 2.28. The van der Waals surface area contributed by atoms with E-state index in [1.165, 1.54) is 18.2 Å². The van der Waals surface area contributed by atoms with E-state index in [9.17, 15) is 23.1 Å². The predicted molar refractivity (Wildman–Crippen MR) is 142 cm³/mol. The number of esters is 1. The minimum absolute atomic E-state index is 0.190. The molecule has 0 aliphatic rings. The number of hydrogen-bond donors (Lipinski definition) is 1. The van der Waals surface area contributed by atoms with Gasteiger partial charge in [0.25, 0.3) is 0 Å². The van der Waals surface area contributed by atoms with Crippen LogP contribution in [0.4, 0.5) is 13.2 Å². The molecule has 1 unspecified atom stereocenters. The van der Waals surface area contributed by atoms with Crippen LogP contribution >= 0.6 is 11.6 Å². The molecule has 0 bridgehead atoms. The molecular weight excluding hydrogens is 517 g/mol. The van der Waals surface area contributed by atoms with Crippen LogP contribution in [0.1, 0.15) is 49.3 Å². The van der Waals surface area contributed by atoms with Gasteiger partial charge in [-0.2, -0.15) is 0 Å². The molecule has 0 saturated carbocycles. The van der Waals surface area contributed by atoms with Gasteiger partial charge in [0.15, 0.2) is 17.4 Å². The summed E-state index contributed by atoms with van der Waals surface area (Å²) in [6.45, 7) is 2.25. The van der Waals surface area contributed by atoms with Crippen LogP contribution in [-0.2, 0) is 22.6 Å². The second kappa shape index (κ2) is 14.5. The minimum atomic E-state index is -1.04. The number of unbranched alkanes of at least 4 members (excludes halogenated alkanes) is 1. The number of rotatable bonds is 13. The topological polar surface area (TPSA) is 55.8 Å². The van der Waals surface area contributed by atoms with E-state index in [1.807, 2.05) is 24.3 Å². The summed E-state index contributed by atoms with van der Waals surface area (Å²) in [5.41, 5.74) is 1.65. The summed E-state index contributed by atoms with van der Waals surface area (Å²) in [5.74, 6) is -3.55. The van der Waals surface area contributed by atoms with Gasteiger partial charge in [0, 0.05) is 22.6 Å². The molecule has 3 aromatic carbocycles. The van der Waals surface area contributed by atoms with Crippen LogP contribution in [0.2, 0.25) is 5.02 Å². The van der Waals surface area contributed by atoms with Gasteiger partial charge in [-0.15, -0.1) is 0 Å². The Labute approximate surface area is 225 Å². The number of phenolic OH excluding ortho intramolecular Hbond substituents is 1. The lowest BCUT2D eigenvalue weighted by Gasteiger charge is -2.15. The Balaban J connectivity index is 1.77. The molecular formula is C30H30ClF3O4. The van der Waals surface area contributed by atoms with Gasteiger partial charge in [0.2, 0.25) is 0 Å². The highest BCUT2D eigenvalue weighted by Gasteiger charge is 2.14. The summed E-state index contributed by atoms with van der Waals surface area (Å²) < 4.78 is 52.8. The quantitative estimate of drug-likeness (QED) is 0.174. The van der Waals surface area contributed by atoms with E-state index in [0.717, 1.165) is 17.7 Å². The molecule has 3 rings (SSSR count). The van der Waals surface area contributed by atoms with Gasteiger partial charge >= 0.3 is 5.97 Å². The Bertz CT molecular complexity index is 1240. The highest BCUT2D eigenvalue weighted by atomic mass is 35.5. The normalized spacial score (nSPS) is 12.0. The van der Waals surface area contributed by atoms with Gasteiger partial charge < -0.3 is 14.6 Å². The van der Waals surface area contributed by atoms with E-state index in [4.69, 9.17) is 21.1 Å². The molecule has 202 valence electrons. The Morgan fingerprint density at radius 2 is 1.79 bits per heavy atom. The van der Waals surface area contributed by atoms with E-state index >= 15 is 0 Å². The predicted octanol–water partition coefficient (Wildman–Crippen LogP) is 8.04. The number of phenols is 1. The van der Waals surface area contributed by atoms with Crippen molar-refractivity contribution in [2.45, 2.75) is 45.6 Å². The first-order valence-corrected chi connectivity index (χ1v) is 12.8. The van der Waals surface area contributed by atoms with Gasteiger partial charge in [-0.1, -0.05) is 48.4 Å². The van der Waals surface area contributed by atoms with Crippen LogP contribution in [0.25, 0.3) is 6.08 Å². The van der Waals surface area contributed by atoms with Crippen molar-refractivity contribution in [2.75, 3.05) is 6.61 Å². The lowest BCUT2D eigenvalue weighted by atomic mass is 9.92. The zero-order valence-corrected chi connectivity index (χ0v) is 21.8. The molecule has 0 saturated heterocycles. The summed E-state index contributed by atoms with van der Waals surface area (Å²) in [6.07, 6.45) is 5.96. The number of ether oxygens (including phenoxy) is 2. The van der Waals surface area contributed by atoms with Gasteiger partial charge in [0.1, 0.15) is 18.2 Å². The van der Waals surface area contributed by atoms with Crippen molar-refractivity contribution in [1.29, 1.82) is 0 Å². The van der Waals surface area contributed by atoms with Crippen molar-refractivity contribution in [2.24, 2.45) is 5.92 Å². The third-order valence-corrected chi connectivity index (χ3v) is 6.32. The first kappa shape index (κ1) is 29.1. The Hall–Kier alpha value is -3.45. The zero-order valence-electron chi connectivity index (χ0n) is 21.1. The fraction of sp³-hybridized carbons (Fsp3) is 0.300. The first-order chi connectivity index (χ1) is 18.3. The lowest BCUT2D eigenvalue weighted by molar-refractivity contribution is -0.143. The van der Waals surface area contributed by atoms with Crippen molar-refractivity contribution in [1.82, 2.24) is 0 Å². The third kappa shape index (κ3) is 8.84. The fourth-order valence-corrected chi connectivity index (χ4v) is 4.20. The average molecular weight is 547 g/mol. The molecule has 0 aliphatic carbocycles. The van der Waals surface area contributed by atoms with Crippen molar-refractivity contribution < 1.29 is 32.5 Å². The van der Waals surface area contributed by atoms with Crippen LogP contribution in [0.5, 0.6) is 11.5 Å². The second-order valence-corrected chi connectivity index (χ2v) is 9.25. The number of carbonyl (C=O) groups is 1. The smallest absolute Gasteiger partial charge is 0.305 e. The minimum Gasteiger partial charge on any atom is -0.503 e. The molecule has 0 heterocycles. The number of aromatic hydroxyl groups is 1. The van der Waals surface area contributed by atoms with Crippen LogP contribution in [0, 0.1) is 23.4 Å². The van der Waals surface area contributed by atoms with Gasteiger partial charge in [-0.3, -0.25) is 4.79 Å². The largest absolute Gasteiger partial charge is 0.503 e. The molecule has 3 aromatic rings. The van der Waals surface area contributed by atoms with E-state index < -0.39 is 23.2 Å². The first-order valence-electron chi connectivity index (χ1n) is 12.4. The van der Waals surface area contributed by atoms with Crippen LogP contribution in [0.3, 0.4) is 0 Å². The maximum Gasteiger partial charge on any atom is 0.305 e. The van der Waals surface area contributed by atoms with Crippen LogP contribution in [-0.4, -0.2) is 17.7 Å². The summed E-state index contributed by atoms with van der Waals surface area (Å²) in [5, 5.41) is 9.99. The summed E-state index contributed by atoms with van der Waals surface area (Å²) in [7, 11) is 0. The molecule has 38 heavy (non-hydrogen) atoms. The van der Waals surface area contributed by atoms with Crippen molar-refractivity contribution in [3.8, 4) is 11.5 Å². The number of benzene rings is 3. The number of allylic oxidation sites excluding steroid dienone is 1. The number of carbonyl (C=O) groups excluding carboxylic acids is 1.